The van der Waals surface area contributed by atoms with Crippen LogP contribution in [-0.4, -0.2) is 66.3 Å². The largest absolute Gasteiger partial charge is 0.356 e. The average Bonchev–Trinajstić information content (AvgIpc) is 3.26. The number of hydrogen-bond acceptors (Lipinski definition) is 6. The first-order valence-corrected chi connectivity index (χ1v) is 9.14. The van der Waals surface area contributed by atoms with Gasteiger partial charge in [-0.05, 0) is 32.8 Å². The molecule has 1 aliphatic rings. The highest BCUT2D eigenvalue weighted by Gasteiger charge is 2.28. The van der Waals surface area contributed by atoms with Crippen LogP contribution in [-0.2, 0) is 7.05 Å². The molecular weight excluding hydrogens is 344 g/mol. The number of fused-ring (bicyclic) bond motifs is 1. The first-order valence-electron chi connectivity index (χ1n) is 9.14. The van der Waals surface area contributed by atoms with E-state index in [1.54, 1.807) is 9.20 Å². The van der Waals surface area contributed by atoms with Gasteiger partial charge in [-0.25, -0.2) is 4.98 Å². The number of aromatic nitrogens is 6. The van der Waals surface area contributed by atoms with Crippen LogP contribution in [0.1, 0.15) is 34.7 Å². The summed E-state index contributed by atoms with van der Waals surface area (Å²) in [5, 5.41) is 8.61. The van der Waals surface area contributed by atoms with Crippen molar-refractivity contribution in [1.82, 2.24) is 34.3 Å². The Morgan fingerprint density at radius 1 is 1.22 bits per heavy atom. The van der Waals surface area contributed by atoms with Gasteiger partial charge in [0.2, 0.25) is 0 Å². The molecule has 0 aromatic carbocycles. The van der Waals surface area contributed by atoms with Crippen LogP contribution in [0, 0.1) is 13.8 Å². The SMILES string of the molecule is Cc1cc(N2CCC(N(C)C(=O)c3cc(C)n(C)n3)CC2)n2ncnc2n1. The third-order valence-electron chi connectivity index (χ3n) is 5.35. The summed E-state index contributed by atoms with van der Waals surface area (Å²) in [6.45, 7) is 5.61. The standard InChI is InChI=1S/C18H24N8O/c1-12-9-16(26-18(21-12)19-11-20-26)25-7-5-14(6-8-25)23(3)17(27)15-10-13(2)24(4)22-15/h9-11,14H,5-8H2,1-4H3. The molecule has 0 spiro atoms. The number of anilines is 1. The van der Waals surface area contributed by atoms with Crippen LogP contribution in [0.15, 0.2) is 18.5 Å². The predicted molar refractivity (Wildman–Crippen MR) is 101 cm³/mol. The van der Waals surface area contributed by atoms with Gasteiger partial charge in [-0.3, -0.25) is 9.48 Å². The Balaban J connectivity index is 1.46. The van der Waals surface area contributed by atoms with Gasteiger partial charge in [0, 0.05) is 50.7 Å². The fourth-order valence-corrected chi connectivity index (χ4v) is 3.63. The highest BCUT2D eigenvalue weighted by molar-refractivity contribution is 5.92. The summed E-state index contributed by atoms with van der Waals surface area (Å²) in [6, 6.07) is 4.08. The minimum Gasteiger partial charge on any atom is -0.356 e. The van der Waals surface area contributed by atoms with E-state index in [0.717, 1.165) is 43.1 Å². The molecular formula is C18H24N8O. The topological polar surface area (TPSA) is 84.5 Å². The van der Waals surface area contributed by atoms with Gasteiger partial charge in [0.1, 0.15) is 12.1 Å². The molecule has 0 bridgehead atoms. The van der Waals surface area contributed by atoms with Crippen LogP contribution in [0.5, 0.6) is 0 Å². The molecule has 4 heterocycles. The molecule has 1 amide bonds. The fraction of sp³-hybridized carbons (Fsp3) is 0.500. The van der Waals surface area contributed by atoms with Gasteiger partial charge < -0.3 is 9.80 Å². The molecule has 0 saturated carbocycles. The maximum atomic E-state index is 12.8. The molecule has 1 fully saturated rings. The Labute approximate surface area is 157 Å². The average molecular weight is 368 g/mol. The molecule has 142 valence electrons. The van der Waals surface area contributed by atoms with Crippen LogP contribution in [0.4, 0.5) is 5.82 Å². The Kier molecular flexibility index (Phi) is 4.29. The van der Waals surface area contributed by atoms with Crippen LogP contribution in [0.25, 0.3) is 5.78 Å². The number of piperidine rings is 1. The van der Waals surface area contributed by atoms with Gasteiger partial charge in [0.05, 0.1) is 0 Å². The van der Waals surface area contributed by atoms with Crippen LogP contribution in [0.3, 0.4) is 0 Å². The first-order chi connectivity index (χ1) is 12.9. The van der Waals surface area contributed by atoms with E-state index in [2.05, 4.69) is 25.1 Å². The van der Waals surface area contributed by atoms with Crippen molar-refractivity contribution in [3.63, 3.8) is 0 Å². The third-order valence-corrected chi connectivity index (χ3v) is 5.35. The molecule has 0 unspecified atom stereocenters. The number of carbonyl (C=O) groups is 1. The normalized spacial score (nSPS) is 15.5. The molecule has 9 nitrogen and oxygen atoms in total. The van der Waals surface area contributed by atoms with Crippen molar-refractivity contribution in [1.29, 1.82) is 0 Å². The summed E-state index contributed by atoms with van der Waals surface area (Å²) in [6.07, 6.45) is 3.32. The van der Waals surface area contributed by atoms with E-state index in [4.69, 9.17) is 0 Å². The van der Waals surface area contributed by atoms with Crippen LogP contribution < -0.4 is 4.90 Å². The van der Waals surface area contributed by atoms with E-state index >= 15 is 0 Å². The van der Waals surface area contributed by atoms with Crippen LogP contribution in [0.2, 0.25) is 0 Å². The summed E-state index contributed by atoms with van der Waals surface area (Å²) in [5.41, 5.74) is 2.41. The highest BCUT2D eigenvalue weighted by atomic mass is 16.2. The Bertz CT molecular complexity index is 963. The monoisotopic (exact) mass is 368 g/mol. The quantitative estimate of drug-likeness (QED) is 0.691. The molecule has 0 aliphatic carbocycles. The number of rotatable bonds is 3. The van der Waals surface area contributed by atoms with E-state index in [9.17, 15) is 4.79 Å². The number of amides is 1. The first kappa shape index (κ1) is 17.4. The Morgan fingerprint density at radius 2 is 1.96 bits per heavy atom. The minimum atomic E-state index is -0.0180. The fourth-order valence-electron chi connectivity index (χ4n) is 3.63. The van der Waals surface area contributed by atoms with Crippen molar-refractivity contribution in [3.8, 4) is 0 Å². The zero-order valence-corrected chi connectivity index (χ0v) is 16.1. The summed E-state index contributed by atoms with van der Waals surface area (Å²) in [7, 11) is 3.73. The van der Waals surface area contributed by atoms with Crippen molar-refractivity contribution in [2.45, 2.75) is 32.7 Å². The molecule has 3 aromatic rings. The summed E-state index contributed by atoms with van der Waals surface area (Å²) >= 11 is 0. The molecule has 9 heteroatoms. The second-order valence-electron chi connectivity index (χ2n) is 7.16. The molecule has 1 aliphatic heterocycles. The van der Waals surface area contributed by atoms with Gasteiger partial charge in [-0.15, -0.1) is 0 Å². The summed E-state index contributed by atoms with van der Waals surface area (Å²) in [4.78, 5) is 25.5. The number of nitrogens with zero attached hydrogens (tertiary/aromatic N) is 8. The van der Waals surface area contributed by atoms with Crippen molar-refractivity contribution >= 4 is 17.5 Å². The lowest BCUT2D eigenvalue weighted by Crippen LogP contribution is -2.46. The van der Waals surface area contributed by atoms with Gasteiger partial charge in [-0.2, -0.15) is 19.7 Å². The summed E-state index contributed by atoms with van der Waals surface area (Å²) < 4.78 is 3.51. The van der Waals surface area contributed by atoms with Gasteiger partial charge in [-0.1, -0.05) is 0 Å². The van der Waals surface area contributed by atoms with Crippen molar-refractivity contribution in [2.24, 2.45) is 7.05 Å². The molecule has 0 atom stereocenters. The second-order valence-corrected chi connectivity index (χ2v) is 7.16. The maximum Gasteiger partial charge on any atom is 0.274 e. The molecule has 4 rings (SSSR count). The smallest absolute Gasteiger partial charge is 0.274 e. The van der Waals surface area contributed by atoms with E-state index in [1.165, 1.54) is 6.33 Å². The number of hydrogen-bond donors (Lipinski definition) is 0. The second kappa shape index (κ2) is 6.64. The molecule has 0 N–H and O–H groups in total. The zero-order valence-electron chi connectivity index (χ0n) is 16.1. The minimum absolute atomic E-state index is 0.0180. The molecule has 0 radical (unpaired) electrons. The lowest BCUT2D eigenvalue weighted by Gasteiger charge is -2.37. The van der Waals surface area contributed by atoms with Gasteiger partial charge in [0.25, 0.3) is 11.7 Å². The van der Waals surface area contributed by atoms with Crippen molar-refractivity contribution in [2.75, 3.05) is 25.0 Å². The summed E-state index contributed by atoms with van der Waals surface area (Å²) in [5.74, 6) is 1.60. The zero-order chi connectivity index (χ0) is 19.1. The molecule has 1 saturated heterocycles. The predicted octanol–water partition coefficient (Wildman–Crippen LogP) is 1.22. The maximum absolute atomic E-state index is 12.8. The van der Waals surface area contributed by atoms with E-state index in [1.807, 2.05) is 45.0 Å². The van der Waals surface area contributed by atoms with Crippen molar-refractivity contribution in [3.05, 3.63) is 35.5 Å². The Hall–Kier alpha value is -2.97. The lowest BCUT2D eigenvalue weighted by atomic mass is 10.0. The van der Waals surface area contributed by atoms with Gasteiger partial charge >= 0.3 is 0 Å². The third kappa shape index (κ3) is 3.13. The van der Waals surface area contributed by atoms with Crippen molar-refractivity contribution < 1.29 is 4.79 Å². The Morgan fingerprint density at radius 3 is 2.63 bits per heavy atom. The number of aryl methyl sites for hydroxylation is 3. The molecule has 27 heavy (non-hydrogen) atoms. The van der Waals surface area contributed by atoms with Crippen LogP contribution >= 0.6 is 0 Å². The highest BCUT2D eigenvalue weighted by Crippen LogP contribution is 2.23. The molecule has 3 aromatic heterocycles. The van der Waals surface area contributed by atoms with E-state index < -0.39 is 0 Å². The number of carbonyl (C=O) groups excluding carboxylic acids is 1. The van der Waals surface area contributed by atoms with E-state index in [-0.39, 0.29) is 11.9 Å². The van der Waals surface area contributed by atoms with E-state index in [0.29, 0.717) is 11.5 Å². The lowest BCUT2D eigenvalue weighted by molar-refractivity contribution is 0.0702. The van der Waals surface area contributed by atoms with Gasteiger partial charge in [0.15, 0.2) is 5.69 Å².